The lowest BCUT2D eigenvalue weighted by atomic mass is 10.1. The smallest absolute Gasteiger partial charge is 0.343 e. The van der Waals surface area contributed by atoms with E-state index in [1.807, 2.05) is 0 Å². The molecule has 13 nitrogen and oxygen atoms in total. The van der Waals surface area contributed by atoms with E-state index in [9.17, 15) is 28.8 Å². The van der Waals surface area contributed by atoms with E-state index in [0.29, 0.717) is 42.3 Å². The number of carbonyl (C=O) groups is 6. The van der Waals surface area contributed by atoms with Crippen LogP contribution in [0, 0.1) is 0 Å². The van der Waals surface area contributed by atoms with Gasteiger partial charge in [-0.25, -0.2) is 19.2 Å². The number of rotatable bonds is 41. The van der Waals surface area contributed by atoms with Crippen LogP contribution >= 0.6 is 0 Å². The second kappa shape index (κ2) is 39.6. The molecule has 0 bridgehead atoms. The van der Waals surface area contributed by atoms with Crippen molar-refractivity contribution in [3.05, 3.63) is 179 Å². The van der Waals surface area contributed by atoms with E-state index in [-0.39, 0.29) is 51.8 Å². The number of benzene rings is 6. The third-order valence-corrected chi connectivity index (χ3v) is 15.2. The van der Waals surface area contributed by atoms with Crippen molar-refractivity contribution in [1.82, 2.24) is 4.90 Å². The van der Waals surface area contributed by atoms with Crippen molar-refractivity contribution in [1.29, 1.82) is 0 Å². The van der Waals surface area contributed by atoms with Gasteiger partial charge in [0.2, 0.25) is 0 Å². The summed E-state index contributed by atoms with van der Waals surface area (Å²) in [5.74, 6) is -1.24. The number of carbonyl (C=O) groups excluding carboxylic acids is 6. The molecule has 464 valence electrons. The van der Waals surface area contributed by atoms with Crippen molar-refractivity contribution in [2.75, 3.05) is 19.8 Å². The van der Waals surface area contributed by atoms with E-state index in [4.69, 9.17) is 28.4 Å². The van der Waals surface area contributed by atoms with Gasteiger partial charge in [-0.2, -0.15) is 0 Å². The maximum atomic E-state index is 14.1. The molecule has 0 atom stereocenters. The van der Waals surface area contributed by atoms with Gasteiger partial charge in [0.15, 0.2) is 0 Å². The van der Waals surface area contributed by atoms with Gasteiger partial charge in [-0.05, 0) is 165 Å². The van der Waals surface area contributed by atoms with E-state index >= 15 is 0 Å². The van der Waals surface area contributed by atoms with E-state index < -0.39 is 35.7 Å². The van der Waals surface area contributed by atoms with E-state index in [1.165, 1.54) is 205 Å². The number of hydrogen-bond donors (Lipinski definition) is 0. The predicted molar refractivity (Wildman–Crippen MR) is 342 cm³/mol. The van der Waals surface area contributed by atoms with Crippen LogP contribution in [0.3, 0.4) is 0 Å². The third kappa shape index (κ3) is 25.1. The summed E-state index contributed by atoms with van der Waals surface area (Å²) in [5, 5.41) is 0. The summed E-state index contributed by atoms with van der Waals surface area (Å²) in [4.78, 5) is 81.6. The fraction of sp³-hybridized carbons (Fsp3) is 0.432. The standard InChI is InChI=1S/C74H91NO12/c1-4-7-10-13-16-18-20-22-25-28-55-82-63-42-34-59(35-43-63)71(78)86-67-50-38-61(39-51-67)73(80)84-65-46-30-57(31-47-65)69(76)75(54-27-24-15-12-9-6-3)70(77)58-32-48-66(49-33-58)85-74(81)62-40-52-68(53-41-62)87-72(79)60-36-44-64(45-37-60)83-56-29-26-23-21-19-17-14-11-8-5-2/h30-53H,4-29,54-56H2,1-3H3. The Balaban J connectivity index is 0.935. The summed E-state index contributed by atoms with van der Waals surface area (Å²) < 4.78 is 34.1. The van der Waals surface area contributed by atoms with E-state index in [0.717, 1.165) is 57.8 Å². The Labute approximate surface area is 516 Å². The molecular formula is C74H91NO12. The predicted octanol–water partition coefficient (Wildman–Crippen LogP) is 18.8. The Morgan fingerprint density at radius 1 is 0.253 bits per heavy atom. The van der Waals surface area contributed by atoms with Crippen LogP contribution in [-0.4, -0.2) is 60.4 Å². The molecule has 0 N–H and O–H groups in total. The van der Waals surface area contributed by atoms with Gasteiger partial charge < -0.3 is 28.4 Å². The molecule has 0 aromatic heterocycles. The number of ether oxygens (including phenoxy) is 6. The quantitative estimate of drug-likeness (QED) is 0.0155. The lowest BCUT2D eigenvalue weighted by Gasteiger charge is -2.21. The van der Waals surface area contributed by atoms with Gasteiger partial charge in [0.05, 0.1) is 35.5 Å². The van der Waals surface area contributed by atoms with Gasteiger partial charge in [-0.3, -0.25) is 14.5 Å². The minimum absolute atomic E-state index is 0.176. The topological polar surface area (TPSA) is 161 Å². The molecule has 0 aliphatic heterocycles. The lowest BCUT2D eigenvalue weighted by Crippen LogP contribution is -2.37. The molecule has 0 fully saturated rings. The Hall–Kier alpha value is -8.06. The van der Waals surface area contributed by atoms with Crippen molar-refractivity contribution in [3.8, 4) is 34.5 Å². The van der Waals surface area contributed by atoms with Crippen molar-refractivity contribution >= 4 is 35.7 Å². The molecule has 0 saturated carbocycles. The van der Waals surface area contributed by atoms with Gasteiger partial charge in [0.1, 0.15) is 34.5 Å². The van der Waals surface area contributed by atoms with Crippen LogP contribution in [-0.2, 0) is 0 Å². The molecule has 0 unspecified atom stereocenters. The number of unbranched alkanes of at least 4 members (excludes halogenated alkanes) is 23. The highest BCUT2D eigenvalue weighted by Gasteiger charge is 2.25. The summed E-state index contributed by atoms with van der Waals surface area (Å²) >= 11 is 0. The molecular weight excluding hydrogens is 1090 g/mol. The van der Waals surface area contributed by atoms with Gasteiger partial charge in [-0.15, -0.1) is 0 Å². The first-order valence-corrected chi connectivity index (χ1v) is 32.2. The maximum Gasteiger partial charge on any atom is 0.343 e. The Bertz CT molecular complexity index is 2780. The summed E-state index contributed by atoms with van der Waals surface area (Å²) in [6, 6.07) is 37.6. The monoisotopic (exact) mass is 1190 g/mol. The number of hydrogen-bond acceptors (Lipinski definition) is 12. The largest absolute Gasteiger partial charge is 0.494 e. The Morgan fingerprint density at radius 2 is 0.460 bits per heavy atom. The Morgan fingerprint density at radius 3 is 0.713 bits per heavy atom. The van der Waals surface area contributed by atoms with Crippen molar-refractivity contribution < 1.29 is 57.2 Å². The highest BCUT2D eigenvalue weighted by Crippen LogP contribution is 2.24. The number of esters is 4. The van der Waals surface area contributed by atoms with E-state index in [1.54, 1.807) is 48.5 Å². The number of imide groups is 1. The molecule has 0 spiro atoms. The fourth-order valence-corrected chi connectivity index (χ4v) is 9.90. The minimum atomic E-state index is -0.663. The molecule has 0 aliphatic carbocycles. The number of amides is 2. The van der Waals surface area contributed by atoms with Crippen LogP contribution < -0.4 is 28.4 Å². The molecule has 0 saturated heterocycles. The van der Waals surface area contributed by atoms with Gasteiger partial charge >= 0.3 is 23.9 Å². The van der Waals surface area contributed by atoms with Gasteiger partial charge in [-0.1, -0.05) is 168 Å². The molecule has 6 aromatic carbocycles. The normalized spacial score (nSPS) is 10.9. The molecule has 0 aliphatic rings. The summed E-state index contributed by atoms with van der Waals surface area (Å²) in [5.41, 5.74) is 1.57. The highest BCUT2D eigenvalue weighted by molar-refractivity contribution is 6.10. The second-order valence-corrected chi connectivity index (χ2v) is 22.3. The van der Waals surface area contributed by atoms with Crippen molar-refractivity contribution in [2.24, 2.45) is 0 Å². The molecule has 6 rings (SSSR count). The number of nitrogens with zero attached hydrogens (tertiary/aromatic N) is 1. The fourth-order valence-electron chi connectivity index (χ4n) is 9.90. The van der Waals surface area contributed by atoms with Gasteiger partial charge in [0, 0.05) is 17.7 Å². The highest BCUT2D eigenvalue weighted by atomic mass is 16.5. The maximum absolute atomic E-state index is 14.1. The van der Waals surface area contributed by atoms with Crippen LogP contribution in [0.1, 0.15) is 250 Å². The average Bonchev–Trinajstić information content (AvgIpc) is 3.17. The van der Waals surface area contributed by atoms with Crippen molar-refractivity contribution in [2.45, 2.75) is 188 Å². The first kappa shape index (κ1) is 68.1. The molecule has 0 heterocycles. The van der Waals surface area contributed by atoms with Crippen LogP contribution in [0.5, 0.6) is 34.5 Å². The zero-order valence-corrected chi connectivity index (χ0v) is 51.7. The third-order valence-electron chi connectivity index (χ3n) is 15.2. The molecule has 2 amide bonds. The van der Waals surface area contributed by atoms with Gasteiger partial charge in [0.25, 0.3) is 11.8 Å². The van der Waals surface area contributed by atoms with Crippen molar-refractivity contribution in [3.63, 3.8) is 0 Å². The SMILES string of the molecule is CCCCCCCCCCCCOc1ccc(C(=O)Oc2ccc(C(=O)Oc3ccc(C(=O)N(CCCCCCCC)C(=O)c4ccc(OC(=O)c5ccc(OC(=O)c6ccc(OCCCCCCCCCCCC)cc6)cc5)cc4)cc3)cc2)cc1. The first-order valence-electron chi connectivity index (χ1n) is 32.2. The Kier molecular flexibility index (Phi) is 31.0. The summed E-state index contributed by atoms with van der Waals surface area (Å²) in [6.45, 7) is 8.05. The van der Waals surface area contributed by atoms with Crippen LogP contribution in [0.25, 0.3) is 0 Å². The van der Waals surface area contributed by atoms with E-state index in [2.05, 4.69) is 20.8 Å². The van der Waals surface area contributed by atoms with Crippen LogP contribution in [0.4, 0.5) is 0 Å². The molecule has 0 radical (unpaired) electrons. The molecule has 87 heavy (non-hydrogen) atoms. The molecule has 13 heteroatoms. The summed E-state index contributed by atoms with van der Waals surface area (Å²) in [7, 11) is 0. The first-order chi connectivity index (χ1) is 42.5. The lowest BCUT2D eigenvalue weighted by molar-refractivity contribution is 0.0610. The zero-order valence-electron chi connectivity index (χ0n) is 51.7. The minimum Gasteiger partial charge on any atom is -0.494 e. The zero-order chi connectivity index (χ0) is 61.7. The summed E-state index contributed by atoms with van der Waals surface area (Å²) in [6.07, 6.45) is 30.7. The average molecular weight is 1190 g/mol. The van der Waals surface area contributed by atoms with Crippen LogP contribution in [0.2, 0.25) is 0 Å². The second-order valence-electron chi connectivity index (χ2n) is 22.3. The van der Waals surface area contributed by atoms with Crippen LogP contribution in [0.15, 0.2) is 146 Å². The molecule has 6 aromatic rings.